The number of rotatable bonds is 5. The number of hydrogen-bond donors (Lipinski definition) is 3. The SMILES string of the molecule is CCC1CCC(NS(=O)(=O)c2n[nH]c(C)c2CO)C1C. The summed E-state index contributed by atoms with van der Waals surface area (Å²) in [6.45, 7) is 5.59. The highest BCUT2D eigenvalue weighted by Gasteiger charge is 2.35. The summed E-state index contributed by atoms with van der Waals surface area (Å²) in [6, 6.07) is -0.0477. The summed E-state index contributed by atoms with van der Waals surface area (Å²) in [6.07, 6.45) is 2.98. The van der Waals surface area contributed by atoms with Gasteiger partial charge in [-0.05, 0) is 31.6 Å². The van der Waals surface area contributed by atoms with Gasteiger partial charge >= 0.3 is 0 Å². The molecule has 0 spiro atoms. The number of nitrogens with zero attached hydrogens (tertiary/aromatic N) is 1. The third kappa shape index (κ3) is 2.75. The molecule has 1 aliphatic rings. The average molecular weight is 301 g/mol. The average Bonchev–Trinajstić information content (AvgIpc) is 2.94. The number of aryl methyl sites for hydroxylation is 1. The zero-order chi connectivity index (χ0) is 14.9. The number of nitrogens with one attached hydrogen (secondary N) is 2. The third-order valence-corrected chi connectivity index (χ3v) is 5.97. The summed E-state index contributed by atoms with van der Waals surface area (Å²) in [7, 11) is -3.68. The summed E-state index contributed by atoms with van der Waals surface area (Å²) < 4.78 is 27.6. The van der Waals surface area contributed by atoms with Crippen molar-refractivity contribution in [1.29, 1.82) is 0 Å². The zero-order valence-corrected chi connectivity index (χ0v) is 13.0. The molecule has 0 bridgehead atoms. The first kappa shape index (κ1) is 15.5. The molecule has 1 aliphatic carbocycles. The van der Waals surface area contributed by atoms with E-state index in [2.05, 4.69) is 28.8 Å². The Morgan fingerprint density at radius 2 is 2.15 bits per heavy atom. The molecule has 2 rings (SSSR count). The maximum absolute atomic E-state index is 12.4. The van der Waals surface area contributed by atoms with Gasteiger partial charge < -0.3 is 5.11 Å². The second-order valence-electron chi connectivity index (χ2n) is 5.62. The van der Waals surface area contributed by atoms with Crippen LogP contribution in [0.2, 0.25) is 0 Å². The summed E-state index contributed by atoms with van der Waals surface area (Å²) in [4.78, 5) is 0. The van der Waals surface area contributed by atoms with E-state index in [0.717, 1.165) is 19.3 Å². The number of aromatic amines is 1. The topological polar surface area (TPSA) is 95.1 Å². The highest BCUT2D eigenvalue weighted by Crippen LogP contribution is 2.34. The predicted molar refractivity (Wildman–Crippen MR) is 75.5 cm³/mol. The van der Waals surface area contributed by atoms with Gasteiger partial charge in [-0.2, -0.15) is 5.10 Å². The van der Waals surface area contributed by atoms with E-state index >= 15 is 0 Å². The van der Waals surface area contributed by atoms with E-state index in [0.29, 0.717) is 23.1 Å². The molecule has 0 saturated heterocycles. The van der Waals surface area contributed by atoms with Gasteiger partial charge in [-0.1, -0.05) is 20.3 Å². The maximum Gasteiger partial charge on any atom is 0.260 e. The van der Waals surface area contributed by atoms with E-state index in [1.54, 1.807) is 6.92 Å². The number of sulfonamides is 1. The van der Waals surface area contributed by atoms with Crippen LogP contribution in [0.3, 0.4) is 0 Å². The molecular formula is C13H23N3O3S. The molecule has 0 amide bonds. The number of aromatic nitrogens is 2. The van der Waals surface area contributed by atoms with Crippen LogP contribution >= 0.6 is 0 Å². The second kappa shape index (κ2) is 5.83. The highest BCUT2D eigenvalue weighted by atomic mass is 32.2. The molecule has 3 unspecified atom stereocenters. The maximum atomic E-state index is 12.4. The number of H-pyrrole nitrogens is 1. The Bertz CT molecular complexity index is 567. The lowest BCUT2D eigenvalue weighted by Crippen LogP contribution is -2.38. The standard InChI is InChI=1S/C13H23N3O3S/c1-4-10-5-6-12(8(10)2)16-20(18,19)13-11(7-17)9(3)14-15-13/h8,10,12,16-17H,4-7H2,1-3H3,(H,14,15). The Kier molecular flexibility index (Phi) is 4.51. The quantitative estimate of drug-likeness (QED) is 0.764. The van der Waals surface area contributed by atoms with E-state index in [1.165, 1.54) is 0 Å². The third-order valence-electron chi connectivity index (χ3n) is 4.51. The summed E-state index contributed by atoms with van der Waals surface area (Å²) in [5.41, 5.74) is 0.925. The van der Waals surface area contributed by atoms with Crippen LogP contribution in [0.5, 0.6) is 0 Å². The van der Waals surface area contributed by atoms with Gasteiger partial charge in [0.2, 0.25) is 0 Å². The van der Waals surface area contributed by atoms with Crippen molar-refractivity contribution in [2.45, 2.75) is 57.7 Å². The van der Waals surface area contributed by atoms with Crippen molar-refractivity contribution >= 4 is 10.0 Å². The van der Waals surface area contributed by atoms with Crippen molar-refractivity contribution in [3.05, 3.63) is 11.3 Å². The number of aliphatic hydroxyl groups is 1. The minimum absolute atomic E-state index is 0.0477. The van der Waals surface area contributed by atoms with Crippen LogP contribution in [0.4, 0.5) is 0 Å². The number of aliphatic hydroxyl groups excluding tert-OH is 1. The van der Waals surface area contributed by atoms with Gasteiger partial charge in [-0.25, -0.2) is 13.1 Å². The van der Waals surface area contributed by atoms with Crippen LogP contribution in [-0.2, 0) is 16.6 Å². The first-order valence-corrected chi connectivity index (χ1v) is 8.56. The lowest BCUT2D eigenvalue weighted by Gasteiger charge is -2.20. The molecule has 3 atom stereocenters. The van der Waals surface area contributed by atoms with Gasteiger partial charge in [-0.3, -0.25) is 5.10 Å². The molecule has 114 valence electrons. The van der Waals surface area contributed by atoms with Crippen LogP contribution in [-0.4, -0.2) is 29.8 Å². The zero-order valence-electron chi connectivity index (χ0n) is 12.2. The molecular weight excluding hydrogens is 278 g/mol. The largest absolute Gasteiger partial charge is 0.392 e. The minimum atomic E-state index is -3.68. The van der Waals surface area contributed by atoms with Gasteiger partial charge in [0.15, 0.2) is 5.03 Å². The normalized spacial score (nSPS) is 27.1. The molecule has 3 N–H and O–H groups in total. The lowest BCUT2D eigenvalue weighted by atomic mass is 9.94. The fourth-order valence-electron chi connectivity index (χ4n) is 3.08. The second-order valence-corrected chi connectivity index (χ2v) is 7.25. The smallest absolute Gasteiger partial charge is 0.260 e. The molecule has 0 aromatic carbocycles. The summed E-state index contributed by atoms with van der Waals surface area (Å²) in [5, 5.41) is 15.7. The fourth-order valence-corrected chi connectivity index (χ4v) is 4.63. The summed E-state index contributed by atoms with van der Waals surface area (Å²) >= 11 is 0. The minimum Gasteiger partial charge on any atom is -0.392 e. The monoisotopic (exact) mass is 301 g/mol. The molecule has 1 aromatic rings. The Labute approximate surface area is 120 Å². The molecule has 1 aromatic heterocycles. The van der Waals surface area contributed by atoms with Crippen LogP contribution < -0.4 is 4.72 Å². The van der Waals surface area contributed by atoms with Crippen molar-refractivity contribution in [2.24, 2.45) is 11.8 Å². The van der Waals surface area contributed by atoms with Gasteiger partial charge in [-0.15, -0.1) is 0 Å². The van der Waals surface area contributed by atoms with E-state index < -0.39 is 10.0 Å². The molecule has 1 fully saturated rings. The Morgan fingerprint density at radius 3 is 2.70 bits per heavy atom. The van der Waals surface area contributed by atoms with Crippen molar-refractivity contribution in [3.63, 3.8) is 0 Å². The summed E-state index contributed by atoms with van der Waals surface area (Å²) in [5.74, 6) is 0.897. The van der Waals surface area contributed by atoms with Gasteiger partial charge in [0.1, 0.15) is 0 Å². The van der Waals surface area contributed by atoms with Crippen LogP contribution in [0.15, 0.2) is 5.03 Å². The van der Waals surface area contributed by atoms with E-state index in [9.17, 15) is 13.5 Å². The van der Waals surface area contributed by atoms with E-state index in [1.807, 2.05) is 0 Å². The molecule has 20 heavy (non-hydrogen) atoms. The van der Waals surface area contributed by atoms with Crippen LogP contribution in [0.1, 0.15) is 44.4 Å². The van der Waals surface area contributed by atoms with Crippen molar-refractivity contribution < 1.29 is 13.5 Å². The first-order chi connectivity index (χ1) is 9.40. The molecule has 1 heterocycles. The van der Waals surface area contributed by atoms with Crippen LogP contribution in [0.25, 0.3) is 0 Å². The van der Waals surface area contributed by atoms with Crippen molar-refractivity contribution in [3.8, 4) is 0 Å². The Hall–Kier alpha value is -0.920. The first-order valence-electron chi connectivity index (χ1n) is 7.07. The van der Waals surface area contributed by atoms with Gasteiger partial charge in [0.25, 0.3) is 10.0 Å². The predicted octanol–water partition coefficient (Wildman–Crippen LogP) is 1.31. The van der Waals surface area contributed by atoms with Crippen LogP contribution in [0, 0.1) is 18.8 Å². The van der Waals surface area contributed by atoms with Gasteiger partial charge in [0, 0.05) is 17.3 Å². The fraction of sp³-hybridized carbons (Fsp3) is 0.769. The molecule has 7 heteroatoms. The van der Waals surface area contributed by atoms with Crippen molar-refractivity contribution in [1.82, 2.24) is 14.9 Å². The van der Waals surface area contributed by atoms with Crippen molar-refractivity contribution in [2.75, 3.05) is 0 Å². The Morgan fingerprint density at radius 1 is 1.45 bits per heavy atom. The van der Waals surface area contributed by atoms with Gasteiger partial charge in [0.05, 0.1) is 6.61 Å². The highest BCUT2D eigenvalue weighted by molar-refractivity contribution is 7.89. The molecule has 6 nitrogen and oxygen atoms in total. The Balaban J connectivity index is 2.20. The van der Waals surface area contributed by atoms with E-state index in [4.69, 9.17) is 0 Å². The molecule has 0 radical (unpaired) electrons. The van der Waals surface area contributed by atoms with E-state index in [-0.39, 0.29) is 17.7 Å². The molecule has 1 saturated carbocycles. The lowest BCUT2D eigenvalue weighted by molar-refractivity contribution is 0.277. The molecule has 0 aliphatic heterocycles. The number of hydrogen-bond acceptors (Lipinski definition) is 4.